The lowest BCUT2D eigenvalue weighted by molar-refractivity contribution is -0.141. The van der Waals surface area contributed by atoms with Crippen LogP contribution in [0.1, 0.15) is 37.9 Å². The second kappa shape index (κ2) is 8.91. The zero-order chi connectivity index (χ0) is 21.1. The molecular formula is C19H23F3N2O3S. The maximum atomic E-state index is 13.6. The third-order valence-corrected chi connectivity index (χ3v) is 4.76. The van der Waals surface area contributed by atoms with Gasteiger partial charge in [-0.25, -0.2) is 4.79 Å². The molecule has 0 saturated carbocycles. The molecule has 1 aliphatic heterocycles. The van der Waals surface area contributed by atoms with E-state index in [0.29, 0.717) is 12.3 Å². The summed E-state index contributed by atoms with van der Waals surface area (Å²) in [6.07, 6.45) is -4.58. The van der Waals surface area contributed by atoms with Crippen molar-refractivity contribution in [2.24, 2.45) is 0 Å². The zero-order valence-electron chi connectivity index (χ0n) is 16.1. The van der Waals surface area contributed by atoms with Crippen LogP contribution in [0, 0.1) is 0 Å². The van der Waals surface area contributed by atoms with Crippen molar-refractivity contribution in [3.05, 3.63) is 46.7 Å². The number of esters is 1. The fourth-order valence-electron chi connectivity index (χ4n) is 3.32. The maximum absolute atomic E-state index is 13.6. The van der Waals surface area contributed by atoms with Gasteiger partial charge in [0, 0.05) is 12.8 Å². The minimum atomic E-state index is -4.58. The number of benzene rings is 1. The molecule has 0 spiro atoms. The third kappa shape index (κ3) is 4.47. The summed E-state index contributed by atoms with van der Waals surface area (Å²) >= 11 is 5.40. The highest BCUT2D eigenvalue weighted by atomic mass is 32.1. The summed E-state index contributed by atoms with van der Waals surface area (Å²) in [7, 11) is 1.53. The summed E-state index contributed by atoms with van der Waals surface area (Å²) in [4.78, 5) is 14.3. The molecule has 0 saturated heterocycles. The number of methoxy groups -OCH3 is 1. The van der Waals surface area contributed by atoms with Crippen LogP contribution in [0.25, 0.3) is 0 Å². The van der Waals surface area contributed by atoms with Crippen LogP contribution in [0.4, 0.5) is 13.2 Å². The molecule has 9 heteroatoms. The second-order valence-corrected chi connectivity index (χ2v) is 6.75. The van der Waals surface area contributed by atoms with Crippen molar-refractivity contribution in [1.29, 1.82) is 0 Å². The Morgan fingerprint density at radius 3 is 2.57 bits per heavy atom. The number of nitrogens with one attached hydrogen (secondary N) is 1. The largest absolute Gasteiger partial charge is 0.463 e. The molecule has 1 N–H and O–H groups in total. The van der Waals surface area contributed by atoms with E-state index in [2.05, 4.69) is 5.32 Å². The van der Waals surface area contributed by atoms with Crippen molar-refractivity contribution in [3.63, 3.8) is 0 Å². The van der Waals surface area contributed by atoms with Crippen LogP contribution in [0.2, 0.25) is 0 Å². The van der Waals surface area contributed by atoms with Crippen LogP contribution >= 0.6 is 12.2 Å². The first kappa shape index (κ1) is 22.2. The number of ether oxygens (including phenoxy) is 2. The first-order valence-electron chi connectivity index (χ1n) is 8.76. The molecule has 0 aromatic heterocycles. The lowest BCUT2D eigenvalue weighted by Gasteiger charge is -2.41. The minimum Gasteiger partial charge on any atom is -0.463 e. The molecule has 1 heterocycles. The number of halogens is 3. The van der Waals surface area contributed by atoms with Gasteiger partial charge in [0.05, 0.1) is 36.4 Å². The Hall–Kier alpha value is -2.13. The third-order valence-electron chi connectivity index (χ3n) is 4.45. The summed E-state index contributed by atoms with van der Waals surface area (Å²) in [6.45, 7) is 5.54. The number of hydrogen-bond donors (Lipinski definition) is 1. The van der Waals surface area contributed by atoms with Gasteiger partial charge < -0.3 is 19.7 Å². The molecule has 1 aromatic carbocycles. The van der Waals surface area contributed by atoms with E-state index in [1.807, 2.05) is 6.92 Å². The standard InChI is InChI=1S/C19H23F3N2O3S/c1-5-27-17(25)15-12(3)24(11(2)10-26-4)18(28)23-16(15)13-8-6-7-9-14(13)19(20,21)22/h6-9,11,16H,5,10H2,1-4H3,(H,23,28)/t11-,16+/m1/s1. The smallest absolute Gasteiger partial charge is 0.416 e. The number of allylic oxidation sites excluding steroid dienone is 1. The van der Waals surface area contributed by atoms with Gasteiger partial charge >= 0.3 is 12.1 Å². The number of nitrogens with zero attached hydrogens (tertiary/aromatic N) is 1. The summed E-state index contributed by atoms with van der Waals surface area (Å²) in [5, 5.41) is 3.12. The predicted octanol–water partition coefficient (Wildman–Crippen LogP) is 3.81. The second-order valence-electron chi connectivity index (χ2n) is 6.36. The lowest BCUT2D eigenvalue weighted by Crippen LogP contribution is -2.52. The van der Waals surface area contributed by atoms with Crippen LogP contribution in [0.5, 0.6) is 0 Å². The summed E-state index contributed by atoms with van der Waals surface area (Å²) in [5.41, 5.74) is -0.383. The number of thiocarbonyl (C=S) groups is 1. The van der Waals surface area contributed by atoms with Gasteiger partial charge in [-0.2, -0.15) is 13.2 Å². The van der Waals surface area contributed by atoms with Gasteiger partial charge in [0.1, 0.15) is 0 Å². The normalized spacial score (nSPS) is 18.8. The van der Waals surface area contributed by atoms with E-state index in [4.69, 9.17) is 21.7 Å². The Labute approximate surface area is 167 Å². The number of hydrogen-bond acceptors (Lipinski definition) is 4. The van der Waals surface area contributed by atoms with Crippen LogP contribution in [-0.2, 0) is 20.4 Å². The average Bonchev–Trinajstić information content (AvgIpc) is 2.60. The number of carbonyl (C=O) groups is 1. The van der Waals surface area contributed by atoms with E-state index in [0.717, 1.165) is 6.07 Å². The van der Waals surface area contributed by atoms with E-state index >= 15 is 0 Å². The van der Waals surface area contributed by atoms with Crippen LogP contribution in [-0.4, -0.2) is 42.3 Å². The number of alkyl halides is 3. The van der Waals surface area contributed by atoms with Gasteiger partial charge in [0.15, 0.2) is 5.11 Å². The quantitative estimate of drug-likeness (QED) is 0.562. The van der Waals surface area contributed by atoms with Gasteiger partial charge in [0.2, 0.25) is 0 Å². The van der Waals surface area contributed by atoms with E-state index < -0.39 is 23.8 Å². The van der Waals surface area contributed by atoms with Gasteiger partial charge in [-0.3, -0.25) is 0 Å². The summed E-state index contributed by atoms with van der Waals surface area (Å²) < 4.78 is 51.0. The average molecular weight is 416 g/mol. The molecule has 2 atom stereocenters. The summed E-state index contributed by atoms with van der Waals surface area (Å²) in [6, 6.07) is 3.82. The number of carbonyl (C=O) groups excluding carboxylic acids is 1. The van der Waals surface area contributed by atoms with E-state index in [1.165, 1.54) is 25.3 Å². The van der Waals surface area contributed by atoms with Gasteiger partial charge in [0.25, 0.3) is 0 Å². The van der Waals surface area contributed by atoms with E-state index in [-0.39, 0.29) is 28.9 Å². The number of rotatable bonds is 6. The molecule has 1 aliphatic rings. The van der Waals surface area contributed by atoms with Gasteiger partial charge in [-0.1, -0.05) is 18.2 Å². The van der Waals surface area contributed by atoms with Crippen molar-refractivity contribution >= 4 is 23.3 Å². The van der Waals surface area contributed by atoms with Gasteiger partial charge in [-0.15, -0.1) is 0 Å². The molecule has 5 nitrogen and oxygen atoms in total. The first-order chi connectivity index (χ1) is 13.1. The van der Waals surface area contributed by atoms with Crippen molar-refractivity contribution in [2.45, 2.75) is 39.0 Å². The lowest BCUT2D eigenvalue weighted by atomic mass is 9.91. The zero-order valence-corrected chi connectivity index (χ0v) is 16.9. The Balaban J connectivity index is 2.65. The molecule has 0 fully saturated rings. The minimum absolute atomic E-state index is 0.0844. The van der Waals surface area contributed by atoms with Crippen molar-refractivity contribution in [1.82, 2.24) is 10.2 Å². The van der Waals surface area contributed by atoms with Crippen LogP contribution in [0.3, 0.4) is 0 Å². The van der Waals surface area contributed by atoms with Crippen LogP contribution in [0.15, 0.2) is 35.5 Å². The molecule has 0 aliphatic carbocycles. The fraction of sp³-hybridized carbons (Fsp3) is 0.474. The van der Waals surface area contributed by atoms with E-state index in [1.54, 1.807) is 18.7 Å². The predicted molar refractivity (Wildman–Crippen MR) is 102 cm³/mol. The molecule has 154 valence electrons. The Morgan fingerprint density at radius 2 is 2.00 bits per heavy atom. The highest BCUT2D eigenvalue weighted by Crippen LogP contribution is 2.39. The highest BCUT2D eigenvalue weighted by Gasteiger charge is 2.41. The molecule has 0 amide bonds. The molecule has 28 heavy (non-hydrogen) atoms. The van der Waals surface area contributed by atoms with Crippen LogP contribution < -0.4 is 5.32 Å². The fourth-order valence-corrected chi connectivity index (χ4v) is 3.75. The van der Waals surface area contributed by atoms with Gasteiger partial charge in [-0.05, 0) is 44.6 Å². The van der Waals surface area contributed by atoms with Crippen molar-refractivity contribution < 1.29 is 27.4 Å². The van der Waals surface area contributed by atoms with Crippen molar-refractivity contribution in [3.8, 4) is 0 Å². The summed E-state index contributed by atoms with van der Waals surface area (Å²) in [5.74, 6) is -0.688. The van der Waals surface area contributed by atoms with E-state index in [9.17, 15) is 18.0 Å². The molecule has 1 aromatic rings. The molecule has 0 radical (unpaired) electrons. The monoisotopic (exact) mass is 416 g/mol. The van der Waals surface area contributed by atoms with Crippen molar-refractivity contribution in [2.75, 3.05) is 20.3 Å². The molecule has 0 unspecified atom stereocenters. The Bertz CT molecular complexity index is 780. The molecule has 2 rings (SSSR count). The topological polar surface area (TPSA) is 50.8 Å². The first-order valence-corrected chi connectivity index (χ1v) is 9.16. The Kier molecular flexibility index (Phi) is 7.06. The molecule has 0 bridgehead atoms. The maximum Gasteiger partial charge on any atom is 0.416 e. The SMILES string of the molecule is CCOC(=O)C1=C(C)N([C@H](C)COC)C(=S)N[C@H]1c1ccccc1C(F)(F)F. The molecular weight excluding hydrogens is 393 g/mol. The Morgan fingerprint density at radius 1 is 1.36 bits per heavy atom. The highest BCUT2D eigenvalue weighted by molar-refractivity contribution is 7.80.